The third kappa shape index (κ3) is 5.13. The van der Waals surface area contributed by atoms with Crippen molar-refractivity contribution < 1.29 is 14.6 Å². The number of aliphatic carboxylic acids is 1. The van der Waals surface area contributed by atoms with Crippen molar-refractivity contribution in [3.8, 4) is 0 Å². The summed E-state index contributed by atoms with van der Waals surface area (Å²) in [7, 11) is 0. The van der Waals surface area contributed by atoms with Crippen molar-refractivity contribution in [2.45, 2.75) is 39.7 Å². The van der Waals surface area contributed by atoms with Crippen LogP contribution in [0.3, 0.4) is 0 Å². The van der Waals surface area contributed by atoms with Gasteiger partial charge in [0.25, 0.3) is 0 Å². The molecule has 0 aromatic heterocycles. The Balaban J connectivity index is 3.46. The zero-order valence-corrected chi connectivity index (χ0v) is 8.04. The first-order valence-corrected chi connectivity index (χ1v) is 4.42. The van der Waals surface area contributed by atoms with E-state index in [1.165, 1.54) is 0 Å². The molecule has 0 bridgehead atoms. The van der Waals surface area contributed by atoms with Gasteiger partial charge in [0.2, 0.25) is 0 Å². The molecule has 2 atom stereocenters. The Bertz CT molecular complexity index is 134. The summed E-state index contributed by atoms with van der Waals surface area (Å²) in [5, 5.41) is 8.50. The lowest BCUT2D eigenvalue weighted by Crippen LogP contribution is -2.22. The number of hydrogen-bond donors (Lipinski definition) is 1. The SMILES string of the molecule is CCCC(C)COC(C)C(=O)O. The average Bonchev–Trinajstić information content (AvgIpc) is 2.00. The first-order chi connectivity index (χ1) is 5.57. The largest absolute Gasteiger partial charge is 0.479 e. The highest BCUT2D eigenvalue weighted by molar-refractivity contribution is 5.71. The van der Waals surface area contributed by atoms with E-state index in [1.807, 2.05) is 0 Å². The summed E-state index contributed by atoms with van der Waals surface area (Å²) in [6, 6.07) is 0. The highest BCUT2D eigenvalue weighted by Gasteiger charge is 2.12. The average molecular weight is 174 g/mol. The van der Waals surface area contributed by atoms with Crippen LogP contribution in [0.4, 0.5) is 0 Å². The Morgan fingerprint density at radius 3 is 2.50 bits per heavy atom. The van der Waals surface area contributed by atoms with Crippen molar-refractivity contribution in [3.05, 3.63) is 0 Å². The molecule has 0 heterocycles. The van der Waals surface area contributed by atoms with E-state index in [9.17, 15) is 4.79 Å². The minimum atomic E-state index is -0.890. The van der Waals surface area contributed by atoms with E-state index < -0.39 is 12.1 Å². The molecule has 0 aliphatic heterocycles. The molecular formula is C9H18O3. The molecule has 1 N–H and O–H groups in total. The fraction of sp³-hybridized carbons (Fsp3) is 0.889. The summed E-state index contributed by atoms with van der Waals surface area (Å²) in [5.74, 6) is -0.435. The van der Waals surface area contributed by atoms with Crippen LogP contribution in [0.15, 0.2) is 0 Å². The van der Waals surface area contributed by atoms with Crippen molar-refractivity contribution >= 4 is 5.97 Å². The van der Waals surface area contributed by atoms with E-state index in [-0.39, 0.29) is 0 Å². The van der Waals surface area contributed by atoms with Crippen LogP contribution < -0.4 is 0 Å². The van der Waals surface area contributed by atoms with E-state index >= 15 is 0 Å². The highest BCUT2D eigenvalue weighted by Crippen LogP contribution is 2.06. The van der Waals surface area contributed by atoms with Gasteiger partial charge < -0.3 is 9.84 Å². The first-order valence-electron chi connectivity index (χ1n) is 4.42. The first kappa shape index (κ1) is 11.4. The number of ether oxygens (including phenoxy) is 1. The summed E-state index contributed by atoms with van der Waals surface area (Å²) < 4.78 is 5.12. The van der Waals surface area contributed by atoms with Gasteiger partial charge in [-0.15, -0.1) is 0 Å². The summed E-state index contributed by atoms with van der Waals surface area (Å²) in [6.45, 7) is 6.28. The number of carbonyl (C=O) groups is 1. The van der Waals surface area contributed by atoms with Crippen molar-refractivity contribution in [3.63, 3.8) is 0 Å². The lowest BCUT2D eigenvalue weighted by Gasteiger charge is -2.13. The van der Waals surface area contributed by atoms with Crippen LogP contribution in [0.2, 0.25) is 0 Å². The fourth-order valence-electron chi connectivity index (χ4n) is 0.956. The number of hydrogen-bond acceptors (Lipinski definition) is 2. The van der Waals surface area contributed by atoms with Crippen LogP contribution in [0.5, 0.6) is 0 Å². The fourth-order valence-corrected chi connectivity index (χ4v) is 0.956. The molecule has 0 amide bonds. The maximum atomic E-state index is 10.3. The molecular weight excluding hydrogens is 156 g/mol. The molecule has 0 saturated carbocycles. The Morgan fingerprint density at radius 1 is 1.50 bits per heavy atom. The minimum Gasteiger partial charge on any atom is -0.479 e. The highest BCUT2D eigenvalue weighted by atomic mass is 16.5. The molecule has 0 rings (SSSR count). The van der Waals surface area contributed by atoms with Crippen LogP contribution in [0.1, 0.15) is 33.6 Å². The molecule has 0 aliphatic rings. The lowest BCUT2D eigenvalue weighted by atomic mass is 10.1. The molecule has 3 nitrogen and oxygen atoms in total. The second kappa shape index (κ2) is 6.00. The molecule has 2 unspecified atom stereocenters. The molecule has 0 aliphatic carbocycles. The third-order valence-electron chi connectivity index (χ3n) is 1.76. The summed E-state index contributed by atoms with van der Waals surface area (Å²) in [5.41, 5.74) is 0. The lowest BCUT2D eigenvalue weighted by molar-refractivity contribution is -0.149. The van der Waals surface area contributed by atoms with Gasteiger partial charge in [-0.05, 0) is 19.3 Å². The summed E-state index contributed by atoms with van der Waals surface area (Å²) in [4.78, 5) is 10.3. The van der Waals surface area contributed by atoms with Crippen molar-refractivity contribution in [2.75, 3.05) is 6.61 Å². The summed E-state index contributed by atoms with van der Waals surface area (Å²) in [6.07, 6.45) is 1.53. The van der Waals surface area contributed by atoms with E-state index in [4.69, 9.17) is 9.84 Å². The Labute approximate surface area is 73.7 Å². The Hall–Kier alpha value is -0.570. The molecule has 0 fully saturated rings. The van der Waals surface area contributed by atoms with Gasteiger partial charge in [0.1, 0.15) is 0 Å². The van der Waals surface area contributed by atoms with E-state index in [0.717, 1.165) is 12.8 Å². The van der Waals surface area contributed by atoms with Gasteiger partial charge in [-0.2, -0.15) is 0 Å². The Morgan fingerprint density at radius 2 is 2.08 bits per heavy atom. The number of carboxylic acid groups (broad SMARTS) is 1. The molecule has 12 heavy (non-hydrogen) atoms. The van der Waals surface area contributed by atoms with Crippen LogP contribution in [-0.2, 0) is 9.53 Å². The van der Waals surface area contributed by atoms with Gasteiger partial charge >= 0.3 is 5.97 Å². The Kier molecular flexibility index (Phi) is 5.72. The van der Waals surface area contributed by atoms with Gasteiger partial charge in [0.15, 0.2) is 6.10 Å². The van der Waals surface area contributed by atoms with Gasteiger partial charge in [-0.1, -0.05) is 20.3 Å². The normalized spacial score (nSPS) is 15.6. The van der Waals surface area contributed by atoms with E-state index in [2.05, 4.69) is 13.8 Å². The minimum absolute atomic E-state index is 0.455. The second-order valence-electron chi connectivity index (χ2n) is 3.21. The topological polar surface area (TPSA) is 46.5 Å². The zero-order chi connectivity index (χ0) is 9.56. The zero-order valence-electron chi connectivity index (χ0n) is 8.04. The maximum Gasteiger partial charge on any atom is 0.332 e. The molecule has 0 aromatic rings. The molecule has 3 heteroatoms. The molecule has 72 valence electrons. The maximum absolute atomic E-state index is 10.3. The van der Waals surface area contributed by atoms with Gasteiger partial charge in [0.05, 0.1) is 6.61 Å². The monoisotopic (exact) mass is 174 g/mol. The quantitative estimate of drug-likeness (QED) is 0.669. The predicted molar refractivity (Wildman–Crippen MR) is 47.1 cm³/mol. The van der Waals surface area contributed by atoms with E-state index in [1.54, 1.807) is 6.92 Å². The molecule has 0 spiro atoms. The van der Waals surface area contributed by atoms with Crippen molar-refractivity contribution in [1.29, 1.82) is 0 Å². The smallest absolute Gasteiger partial charge is 0.332 e. The van der Waals surface area contributed by atoms with Crippen molar-refractivity contribution in [1.82, 2.24) is 0 Å². The molecule has 0 aromatic carbocycles. The molecule has 0 saturated heterocycles. The summed E-state index contributed by atoms with van der Waals surface area (Å²) >= 11 is 0. The third-order valence-corrected chi connectivity index (χ3v) is 1.76. The number of carboxylic acids is 1. The van der Waals surface area contributed by atoms with Crippen molar-refractivity contribution in [2.24, 2.45) is 5.92 Å². The van der Waals surface area contributed by atoms with Gasteiger partial charge in [0, 0.05) is 0 Å². The number of rotatable bonds is 6. The van der Waals surface area contributed by atoms with Crippen LogP contribution >= 0.6 is 0 Å². The predicted octanol–water partition coefficient (Wildman–Crippen LogP) is 1.91. The van der Waals surface area contributed by atoms with Crippen LogP contribution in [0, 0.1) is 5.92 Å². The van der Waals surface area contributed by atoms with Gasteiger partial charge in [-0.3, -0.25) is 0 Å². The standard InChI is InChI=1S/C9H18O3/c1-4-5-7(2)6-12-8(3)9(10)11/h7-8H,4-6H2,1-3H3,(H,10,11). The van der Waals surface area contributed by atoms with Crippen LogP contribution in [0.25, 0.3) is 0 Å². The van der Waals surface area contributed by atoms with E-state index in [0.29, 0.717) is 12.5 Å². The van der Waals surface area contributed by atoms with Crippen LogP contribution in [-0.4, -0.2) is 23.8 Å². The second-order valence-corrected chi connectivity index (χ2v) is 3.21. The van der Waals surface area contributed by atoms with Gasteiger partial charge in [-0.25, -0.2) is 4.79 Å². The molecule has 0 radical (unpaired) electrons.